The molecule has 0 aliphatic rings. The Hall–Kier alpha value is -1.06. The molecule has 0 aliphatic heterocycles. The van der Waals surface area contributed by atoms with Crippen LogP contribution in [0.15, 0.2) is 24.3 Å². The highest BCUT2D eigenvalue weighted by Gasteiger charge is 2.24. The van der Waals surface area contributed by atoms with Gasteiger partial charge in [0.25, 0.3) is 0 Å². The summed E-state index contributed by atoms with van der Waals surface area (Å²) < 4.78 is 0. The van der Waals surface area contributed by atoms with E-state index < -0.39 is 12.0 Å². The van der Waals surface area contributed by atoms with Gasteiger partial charge in [0.2, 0.25) is 0 Å². The highest BCUT2D eigenvalue weighted by atomic mass is 35.5. The molecule has 1 aromatic carbocycles. The van der Waals surface area contributed by atoms with Gasteiger partial charge in [0.05, 0.1) is 0 Å². The predicted molar refractivity (Wildman–Crippen MR) is 64.7 cm³/mol. The second-order valence-corrected chi connectivity index (χ2v) is 3.95. The van der Waals surface area contributed by atoms with Gasteiger partial charge in [-0.15, -0.1) is 0 Å². The Balaban J connectivity index is 3.02. The average Bonchev–Trinajstić information content (AvgIpc) is 2.27. The Morgan fingerprint density at radius 1 is 1.31 bits per heavy atom. The minimum Gasteiger partial charge on any atom is -0.480 e. The van der Waals surface area contributed by atoms with E-state index in [0.717, 1.165) is 5.56 Å². The zero-order valence-corrected chi connectivity index (χ0v) is 10.2. The van der Waals surface area contributed by atoms with Crippen LogP contribution < -0.4 is 0 Å². The molecule has 0 amide bonds. The van der Waals surface area contributed by atoms with Crippen molar-refractivity contribution in [1.29, 1.82) is 0 Å². The second kappa shape index (κ2) is 5.87. The fourth-order valence-corrected chi connectivity index (χ4v) is 1.87. The van der Waals surface area contributed by atoms with Crippen LogP contribution in [-0.2, 0) is 4.79 Å². The molecule has 0 saturated heterocycles. The van der Waals surface area contributed by atoms with E-state index in [0.29, 0.717) is 18.1 Å². The van der Waals surface area contributed by atoms with Gasteiger partial charge < -0.3 is 5.11 Å². The molecule has 1 rings (SSSR count). The van der Waals surface area contributed by atoms with Crippen LogP contribution in [0.5, 0.6) is 0 Å². The number of carboxylic acid groups (broad SMARTS) is 1. The third-order valence-electron chi connectivity index (χ3n) is 2.60. The summed E-state index contributed by atoms with van der Waals surface area (Å²) in [6, 6.07) is 6.37. The van der Waals surface area contributed by atoms with Crippen LogP contribution in [0.1, 0.15) is 25.5 Å². The molecule has 1 atom stereocenters. The summed E-state index contributed by atoms with van der Waals surface area (Å²) in [5.74, 6) is -0.828. The molecule has 16 heavy (non-hydrogen) atoms. The molecule has 0 saturated carbocycles. The lowest BCUT2D eigenvalue weighted by atomic mass is 10.1. The standard InChI is InChI=1S/C12H16ClNO2/c1-3-14(4-2)11(12(15)16)9-5-7-10(13)8-6-9/h5-8,11H,3-4H2,1-2H3,(H,15,16)/t11-/m0/s1. The number of halogens is 1. The fraction of sp³-hybridized carbons (Fsp3) is 0.417. The smallest absolute Gasteiger partial charge is 0.325 e. The maximum Gasteiger partial charge on any atom is 0.325 e. The molecule has 0 bridgehead atoms. The van der Waals surface area contributed by atoms with Crippen molar-refractivity contribution < 1.29 is 9.90 Å². The maximum absolute atomic E-state index is 11.3. The van der Waals surface area contributed by atoms with Crippen molar-refractivity contribution in [2.75, 3.05) is 13.1 Å². The van der Waals surface area contributed by atoms with Crippen LogP contribution in [-0.4, -0.2) is 29.1 Å². The lowest BCUT2D eigenvalue weighted by molar-refractivity contribution is -0.143. The number of benzene rings is 1. The Labute approximate surface area is 101 Å². The maximum atomic E-state index is 11.3. The fourth-order valence-electron chi connectivity index (χ4n) is 1.74. The minimum atomic E-state index is -0.828. The van der Waals surface area contributed by atoms with Gasteiger partial charge in [-0.05, 0) is 30.8 Å². The van der Waals surface area contributed by atoms with Gasteiger partial charge in [-0.3, -0.25) is 9.69 Å². The number of nitrogens with zero attached hydrogens (tertiary/aromatic N) is 1. The summed E-state index contributed by atoms with van der Waals surface area (Å²) in [4.78, 5) is 13.2. The van der Waals surface area contributed by atoms with Gasteiger partial charge in [-0.25, -0.2) is 0 Å². The number of likely N-dealkylation sites (N-methyl/N-ethyl adjacent to an activating group) is 1. The molecular weight excluding hydrogens is 226 g/mol. The molecule has 0 spiro atoms. The number of carbonyl (C=O) groups is 1. The van der Waals surface area contributed by atoms with Gasteiger partial charge in [0.15, 0.2) is 0 Å². The van der Waals surface area contributed by atoms with Crippen molar-refractivity contribution in [3.05, 3.63) is 34.9 Å². The molecule has 3 nitrogen and oxygen atoms in total. The van der Waals surface area contributed by atoms with Gasteiger partial charge in [0, 0.05) is 5.02 Å². The molecule has 0 heterocycles. The van der Waals surface area contributed by atoms with E-state index in [9.17, 15) is 9.90 Å². The van der Waals surface area contributed by atoms with Crippen LogP contribution in [0.25, 0.3) is 0 Å². The second-order valence-electron chi connectivity index (χ2n) is 3.51. The third-order valence-corrected chi connectivity index (χ3v) is 2.85. The summed E-state index contributed by atoms with van der Waals surface area (Å²) in [5, 5.41) is 9.87. The van der Waals surface area contributed by atoms with E-state index in [-0.39, 0.29) is 0 Å². The molecule has 0 unspecified atom stereocenters. The third kappa shape index (κ3) is 2.97. The number of carboxylic acids is 1. The summed E-state index contributed by atoms with van der Waals surface area (Å²) in [6.07, 6.45) is 0. The molecule has 4 heteroatoms. The average molecular weight is 242 g/mol. The van der Waals surface area contributed by atoms with Gasteiger partial charge in [-0.2, -0.15) is 0 Å². The Morgan fingerprint density at radius 2 is 1.81 bits per heavy atom. The molecule has 0 aromatic heterocycles. The van der Waals surface area contributed by atoms with E-state index in [1.54, 1.807) is 24.3 Å². The normalized spacial score (nSPS) is 12.8. The summed E-state index contributed by atoms with van der Waals surface area (Å²) in [5.41, 5.74) is 0.764. The monoisotopic (exact) mass is 241 g/mol. The predicted octanol–water partition coefficient (Wildman–Crippen LogP) is 2.81. The molecule has 0 radical (unpaired) electrons. The first-order chi connectivity index (χ1) is 7.60. The van der Waals surface area contributed by atoms with Crippen LogP contribution in [0, 0.1) is 0 Å². The van der Waals surface area contributed by atoms with Gasteiger partial charge in [-0.1, -0.05) is 37.6 Å². The Bertz CT molecular complexity index is 347. The molecule has 1 N–H and O–H groups in total. The highest BCUT2D eigenvalue weighted by Crippen LogP contribution is 2.22. The van der Waals surface area contributed by atoms with E-state index in [4.69, 9.17) is 11.6 Å². The van der Waals surface area contributed by atoms with Crippen molar-refractivity contribution in [3.8, 4) is 0 Å². The number of aliphatic carboxylic acids is 1. The molecule has 0 fully saturated rings. The van der Waals surface area contributed by atoms with Crippen LogP contribution in [0.4, 0.5) is 0 Å². The van der Waals surface area contributed by atoms with Crippen LogP contribution in [0.2, 0.25) is 5.02 Å². The Morgan fingerprint density at radius 3 is 2.19 bits per heavy atom. The van der Waals surface area contributed by atoms with Crippen molar-refractivity contribution in [3.63, 3.8) is 0 Å². The summed E-state index contributed by atoms with van der Waals surface area (Å²) in [6.45, 7) is 5.32. The van der Waals surface area contributed by atoms with Crippen molar-refractivity contribution in [2.24, 2.45) is 0 Å². The van der Waals surface area contributed by atoms with E-state index in [2.05, 4.69) is 0 Å². The van der Waals surface area contributed by atoms with Crippen LogP contribution in [0.3, 0.4) is 0 Å². The molecular formula is C12H16ClNO2. The highest BCUT2D eigenvalue weighted by molar-refractivity contribution is 6.30. The quantitative estimate of drug-likeness (QED) is 0.862. The zero-order valence-electron chi connectivity index (χ0n) is 9.48. The lowest BCUT2D eigenvalue weighted by Gasteiger charge is -2.26. The summed E-state index contributed by atoms with van der Waals surface area (Å²) in [7, 11) is 0. The molecule has 88 valence electrons. The van der Waals surface area contributed by atoms with Crippen molar-refractivity contribution in [2.45, 2.75) is 19.9 Å². The minimum absolute atomic E-state index is 0.590. The zero-order chi connectivity index (χ0) is 12.1. The number of hydrogen-bond donors (Lipinski definition) is 1. The Kier molecular flexibility index (Phi) is 4.77. The molecule has 1 aromatic rings. The largest absolute Gasteiger partial charge is 0.480 e. The van der Waals surface area contributed by atoms with Crippen LogP contribution >= 0.6 is 11.6 Å². The number of hydrogen-bond acceptors (Lipinski definition) is 2. The van der Waals surface area contributed by atoms with Crippen molar-refractivity contribution in [1.82, 2.24) is 4.90 Å². The first kappa shape index (κ1) is 13.0. The van der Waals surface area contributed by atoms with Gasteiger partial charge >= 0.3 is 5.97 Å². The van der Waals surface area contributed by atoms with E-state index in [1.165, 1.54) is 0 Å². The summed E-state index contributed by atoms with van der Waals surface area (Å²) >= 11 is 5.78. The topological polar surface area (TPSA) is 40.5 Å². The van der Waals surface area contributed by atoms with Gasteiger partial charge in [0.1, 0.15) is 6.04 Å². The van der Waals surface area contributed by atoms with E-state index >= 15 is 0 Å². The SMILES string of the molecule is CCN(CC)[C@H](C(=O)O)c1ccc(Cl)cc1. The lowest BCUT2D eigenvalue weighted by Crippen LogP contribution is -2.33. The van der Waals surface area contributed by atoms with E-state index in [1.807, 2.05) is 18.7 Å². The number of rotatable bonds is 5. The molecule has 0 aliphatic carbocycles. The van der Waals surface area contributed by atoms with Crippen molar-refractivity contribution >= 4 is 17.6 Å². The first-order valence-electron chi connectivity index (χ1n) is 5.32. The first-order valence-corrected chi connectivity index (χ1v) is 5.70.